The summed E-state index contributed by atoms with van der Waals surface area (Å²) in [4.78, 5) is 10.5. The number of carboxylic acids is 1. The van der Waals surface area contributed by atoms with Gasteiger partial charge in [-0.25, -0.2) is 4.79 Å². The van der Waals surface area contributed by atoms with Crippen LogP contribution in [-0.4, -0.2) is 24.3 Å². The van der Waals surface area contributed by atoms with Gasteiger partial charge in [-0.1, -0.05) is 13.3 Å². The van der Waals surface area contributed by atoms with Crippen molar-refractivity contribution in [2.24, 2.45) is 0 Å². The Morgan fingerprint density at radius 3 is 2.85 bits per heavy atom. The van der Waals surface area contributed by atoms with Crippen LogP contribution >= 0.6 is 0 Å². The summed E-state index contributed by atoms with van der Waals surface area (Å²) in [5.41, 5.74) is -0.00129. The lowest BCUT2D eigenvalue weighted by Gasteiger charge is -2.02. The maximum atomic E-state index is 10.5. The molecule has 0 radical (unpaired) electrons. The molecule has 0 spiro atoms. The van der Waals surface area contributed by atoms with Crippen molar-refractivity contribution < 1.29 is 14.6 Å². The monoisotopic (exact) mass is 183 g/mol. The summed E-state index contributed by atoms with van der Waals surface area (Å²) >= 11 is 0. The molecule has 0 amide bonds. The van der Waals surface area contributed by atoms with E-state index in [2.05, 4.69) is 0 Å². The Morgan fingerprint density at radius 2 is 2.38 bits per heavy atom. The van der Waals surface area contributed by atoms with Crippen LogP contribution in [-0.2, 0) is 9.53 Å². The van der Waals surface area contributed by atoms with Crippen LogP contribution in [0.2, 0.25) is 0 Å². The van der Waals surface area contributed by atoms with Crippen LogP contribution in [0.15, 0.2) is 11.6 Å². The Labute approximate surface area is 77.4 Å². The van der Waals surface area contributed by atoms with Gasteiger partial charge in [0, 0.05) is 12.7 Å². The molecule has 13 heavy (non-hydrogen) atoms. The molecule has 0 aromatic carbocycles. The van der Waals surface area contributed by atoms with Gasteiger partial charge in [-0.3, -0.25) is 0 Å². The van der Waals surface area contributed by atoms with Gasteiger partial charge in [0.15, 0.2) is 0 Å². The zero-order valence-corrected chi connectivity index (χ0v) is 7.62. The number of hydrogen-bond acceptors (Lipinski definition) is 3. The number of nitrogens with zero attached hydrogens (tertiary/aromatic N) is 1. The molecule has 0 bridgehead atoms. The predicted molar refractivity (Wildman–Crippen MR) is 47.1 cm³/mol. The Bertz CT molecular complexity index is 228. The number of aliphatic carboxylic acids is 1. The normalized spacial score (nSPS) is 10.9. The summed E-state index contributed by atoms with van der Waals surface area (Å²) in [5, 5.41) is 16.8. The summed E-state index contributed by atoms with van der Waals surface area (Å²) in [6.45, 7) is 2.56. The van der Waals surface area contributed by atoms with Gasteiger partial charge >= 0.3 is 5.97 Å². The lowest BCUT2D eigenvalue weighted by molar-refractivity contribution is -0.133. The second kappa shape index (κ2) is 7.32. The number of hydrogen-bond donors (Lipinski definition) is 1. The van der Waals surface area contributed by atoms with E-state index in [9.17, 15) is 4.79 Å². The minimum absolute atomic E-state index is 0.00129. The largest absolute Gasteiger partial charge is 0.478 e. The van der Waals surface area contributed by atoms with E-state index in [0.717, 1.165) is 18.9 Å². The van der Waals surface area contributed by atoms with E-state index in [0.29, 0.717) is 6.61 Å². The maximum Gasteiger partial charge on any atom is 0.334 e. The van der Waals surface area contributed by atoms with Crippen molar-refractivity contribution in [3.63, 3.8) is 0 Å². The Kier molecular flexibility index (Phi) is 6.56. The molecule has 0 saturated heterocycles. The standard InChI is InChI=1S/C9H13NO3/c1-2-3-6-13-7-8(4-5-10)9(11)12/h4H,2-3,6-7H2,1H3,(H,11,12)/b8-4-. The SMILES string of the molecule is CCCCOC/C(=C/C#N)C(=O)O. The third kappa shape index (κ3) is 5.88. The first-order chi connectivity index (χ1) is 6.22. The molecule has 0 heterocycles. The minimum atomic E-state index is -1.10. The van der Waals surface area contributed by atoms with E-state index in [1.165, 1.54) is 0 Å². The van der Waals surface area contributed by atoms with E-state index in [1.807, 2.05) is 6.92 Å². The number of nitriles is 1. The summed E-state index contributed by atoms with van der Waals surface area (Å²) < 4.78 is 5.05. The summed E-state index contributed by atoms with van der Waals surface area (Å²) in [7, 11) is 0. The highest BCUT2D eigenvalue weighted by atomic mass is 16.5. The topological polar surface area (TPSA) is 70.3 Å². The van der Waals surface area contributed by atoms with Crippen molar-refractivity contribution in [2.45, 2.75) is 19.8 Å². The van der Waals surface area contributed by atoms with E-state index in [-0.39, 0.29) is 12.2 Å². The van der Waals surface area contributed by atoms with E-state index in [4.69, 9.17) is 15.1 Å². The van der Waals surface area contributed by atoms with Gasteiger partial charge in [-0.05, 0) is 6.42 Å². The van der Waals surface area contributed by atoms with Crippen molar-refractivity contribution in [2.75, 3.05) is 13.2 Å². The molecular formula is C9H13NO3. The molecule has 4 heteroatoms. The highest BCUT2D eigenvalue weighted by Gasteiger charge is 2.06. The fraction of sp³-hybridized carbons (Fsp3) is 0.556. The van der Waals surface area contributed by atoms with Crippen LogP contribution in [0.4, 0.5) is 0 Å². The highest BCUT2D eigenvalue weighted by molar-refractivity contribution is 5.87. The fourth-order valence-electron chi connectivity index (χ4n) is 0.672. The van der Waals surface area contributed by atoms with Crippen LogP contribution in [0.25, 0.3) is 0 Å². The lowest BCUT2D eigenvalue weighted by atomic mass is 10.3. The summed E-state index contributed by atoms with van der Waals surface area (Å²) in [6.07, 6.45) is 2.90. The number of rotatable bonds is 6. The van der Waals surface area contributed by atoms with Gasteiger partial charge in [-0.2, -0.15) is 5.26 Å². The van der Waals surface area contributed by atoms with Gasteiger partial charge in [-0.15, -0.1) is 0 Å². The molecule has 0 aliphatic rings. The Morgan fingerprint density at radius 1 is 1.69 bits per heavy atom. The zero-order valence-electron chi connectivity index (χ0n) is 7.62. The molecule has 72 valence electrons. The minimum Gasteiger partial charge on any atom is -0.478 e. The molecule has 0 rings (SSSR count). The second-order valence-corrected chi connectivity index (χ2v) is 2.51. The lowest BCUT2D eigenvalue weighted by Crippen LogP contribution is -2.08. The zero-order chi connectivity index (χ0) is 10.1. The molecule has 0 fully saturated rings. The number of carboxylic acid groups (broad SMARTS) is 1. The molecule has 0 aliphatic carbocycles. The molecule has 0 aromatic heterocycles. The first-order valence-electron chi connectivity index (χ1n) is 4.12. The average molecular weight is 183 g/mol. The molecule has 0 atom stereocenters. The van der Waals surface area contributed by atoms with Crippen LogP contribution in [0.5, 0.6) is 0 Å². The second-order valence-electron chi connectivity index (χ2n) is 2.51. The third-order valence-corrected chi connectivity index (χ3v) is 1.41. The maximum absolute atomic E-state index is 10.5. The van der Waals surface area contributed by atoms with E-state index in [1.54, 1.807) is 6.07 Å². The Balaban J connectivity index is 3.80. The van der Waals surface area contributed by atoms with Crippen LogP contribution in [0.3, 0.4) is 0 Å². The van der Waals surface area contributed by atoms with Crippen molar-refractivity contribution in [1.82, 2.24) is 0 Å². The van der Waals surface area contributed by atoms with Crippen molar-refractivity contribution >= 4 is 5.97 Å². The molecule has 0 aromatic rings. The van der Waals surface area contributed by atoms with Gasteiger partial charge in [0.2, 0.25) is 0 Å². The molecule has 4 nitrogen and oxygen atoms in total. The average Bonchev–Trinajstić information content (AvgIpc) is 2.10. The van der Waals surface area contributed by atoms with Crippen molar-refractivity contribution in [1.29, 1.82) is 5.26 Å². The first kappa shape index (κ1) is 11.7. The number of ether oxygens (including phenoxy) is 1. The van der Waals surface area contributed by atoms with Crippen LogP contribution in [0, 0.1) is 11.3 Å². The Hall–Kier alpha value is -1.34. The molecule has 0 saturated carbocycles. The molecular weight excluding hydrogens is 170 g/mol. The number of allylic oxidation sites excluding steroid dienone is 1. The molecule has 1 N–H and O–H groups in total. The van der Waals surface area contributed by atoms with Crippen LogP contribution in [0.1, 0.15) is 19.8 Å². The smallest absolute Gasteiger partial charge is 0.334 e. The van der Waals surface area contributed by atoms with Gasteiger partial charge in [0.25, 0.3) is 0 Å². The fourth-order valence-corrected chi connectivity index (χ4v) is 0.672. The quantitative estimate of drug-likeness (QED) is 0.383. The number of unbranched alkanes of at least 4 members (excludes halogenated alkanes) is 1. The van der Waals surface area contributed by atoms with E-state index < -0.39 is 5.97 Å². The summed E-state index contributed by atoms with van der Waals surface area (Å²) in [5.74, 6) is -1.10. The van der Waals surface area contributed by atoms with Crippen molar-refractivity contribution in [3.05, 3.63) is 11.6 Å². The highest BCUT2D eigenvalue weighted by Crippen LogP contribution is 1.97. The van der Waals surface area contributed by atoms with Gasteiger partial charge in [0.1, 0.15) is 0 Å². The summed E-state index contributed by atoms with van der Waals surface area (Å²) in [6, 6.07) is 1.67. The molecule has 0 aliphatic heterocycles. The molecule has 0 unspecified atom stereocenters. The predicted octanol–water partition coefficient (Wildman–Crippen LogP) is 1.34. The number of carbonyl (C=O) groups is 1. The third-order valence-electron chi connectivity index (χ3n) is 1.41. The van der Waals surface area contributed by atoms with Gasteiger partial charge < -0.3 is 9.84 Å². The van der Waals surface area contributed by atoms with Crippen LogP contribution < -0.4 is 0 Å². The first-order valence-corrected chi connectivity index (χ1v) is 4.12. The van der Waals surface area contributed by atoms with Crippen molar-refractivity contribution in [3.8, 4) is 6.07 Å². The van der Waals surface area contributed by atoms with E-state index >= 15 is 0 Å². The van der Waals surface area contributed by atoms with Gasteiger partial charge in [0.05, 0.1) is 18.2 Å².